The van der Waals surface area contributed by atoms with E-state index in [0.717, 1.165) is 36.7 Å². The lowest BCUT2D eigenvalue weighted by Crippen LogP contribution is -2.25. The largest absolute Gasteiger partial charge is 0.494 e. The van der Waals surface area contributed by atoms with Crippen molar-refractivity contribution in [1.29, 1.82) is 0 Å². The molecule has 0 saturated carbocycles. The van der Waals surface area contributed by atoms with E-state index in [-0.39, 0.29) is 0 Å². The summed E-state index contributed by atoms with van der Waals surface area (Å²) in [7, 11) is 0. The molecule has 0 amide bonds. The maximum atomic E-state index is 6.15. The minimum Gasteiger partial charge on any atom is -0.494 e. The van der Waals surface area contributed by atoms with Crippen LogP contribution in [-0.4, -0.2) is 38.8 Å². The fourth-order valence-electron chi connectivity index (χ4n) is 3.40. The van der Waals surface area contributed by atoms with Gasteiger partial charge < -0.3 is 25.4 Å². The first-order valence-electron chi connectivity index (χ1n) is 9.96. The molecule has 1 atom stereocenters. The van der Waals surface area contributed by atoms with Crippen molar-refractivity contribution in [3.05, 3.63) is 48.5 Å². The molecule has 1 fully saturated rings. The highest BCUT2D eigenvalue weighted by molar-refractivity contribution is 5.94. The molecule has 6 nitrogen and oxygen atoms in total. The fraction of sp³-hybridized carbons (Fsp3) is 0.409. The first-order chi connectivity index (χ1) is 13.7. The Morgan fingerprint density at radius 1 is 1.14 bits per heavy atom. The third-order valence-corrected chi connectivity index (χ3v) is 4.75. The molecule has 1 saturated heterocycles. The molecular formula is C22H30N4O2. The number of hydrogen-bond acceptors (Lipinski definition) is 4. The van der Waals surface area contributed by atoms with Crippen LogP contribution in [-0.2, 0) is 0 Å². The molecule has 0 spiro atoms. The van der Waals surface area contributed by atoms with Crippen LogP contribution in [0.15, 0.2) is 53.5 Å². The molecule has 2 aromatic carbocycles. The monoisotopic (exact) mass is 382 g/mol. The van der Waals surface area contributed by atoms with E-state index in [4.69, 9.17) is 15.2 Å². The summed E-state index contributed by atoms with van der Waals surface area (Å²) in [6.07, 6.45) is 1.12. The van der Waals surface area contributed by atoms with Crippen LogP contribution in [0, 0.1) is 5.92 Å². The van der Waals surface area contributed by atoms with Gasteiger partial charge in [-0.2, -0.15) is 0 Å². The summed E-state index contributed by atoms with van der Waals surface area (Å²) in [6.45, 7) is 7.87. The van der Waals surface area contributed by atoms with Gasteiger partial charge in [0.25, 0.3) is 0 Å². The zero-order valence-corrected chi connectivity index (χ0v) is 16.7. The molecule has 28 heavy (non-hydrogen) atoms. The van der Waals surface area contributed by atoms with Gasteiger partial charge in [-0.05, 0) is 50.5 Å². The van der Waals surface area contributed by atoms with Crippen LogP contribution in [0.4, 0.5) is 11.4 Å². The molecule has 150 valence electrons. The van der Waals surface area contributed by atoms with Crippen LogP contribution in [0.3, 0.4) is 0 Å². The molecule has 1 aliphatic rings. The van der Waals surface area contributed by atoms with E-state index in [2.05, 4.69) is 39.5 Å². The highest BCUT2D eigenvalue weighted by Gasteiger charge is 2.22. The molecule has 0 aromatic heterocycles. The van der Waals surface area contributed by atoms with Crippen molar-refractivity contribution in [2.24, 2.45) is 16.6 Å². The lowest BCUT2D eigenvalue weighted by Gasteiger charge is -2.18. The quantitative estimate of drug-likeness (QED) is 0.538. The topological polar surface area (TPSA) is 72.1 Å². The zero-order valence-electron chi connectivity index (χ0n) is 16.7. The van der Waals surface area contributed by atoms with Crippen LogP contribution in [0.2, 0.25) is 0 Å². The Morgan fingerprint density at radius 2 is 1.93 bits per heavy atom. The Kier molecular flexibility index (Phi) is 7.00. The summed E-state index contributed by atoms with van der Waals surface area (Å²) in [4.78, 5) is 6.97. The van der Waals surface area contributed by atoms with E-state index in [1.807, 2.05) is 38.1 Å². The Labute approximate surface area is 167 Å². The normalized spacial score (nSPS) is 16.9. The van der Waals surface area contributed by atoms with Gasteiger partial charge in [-0.25, -0.2) is 0 Å². The first kappa shape index (κ1) is 19.9. The zero-order chi connectivity index (χ0) is 19.8. The smallest absolute Gasteiger partial charge is 0.193 e. The van der Waals surface area contributed by atoms with Crippen LogP contribution in [0.25, 0.3) is 0 Å². The minimum absolute atomic E-state index is 0.396. The third-order valence-electron chi connectivity index (χ3n) is 4.75. The molecule has 3 N–H and O–H groups in total. The number of nitrogens with two attached hydrogens (primary N) is 1. The van der Waals surface area contributed by atoms with Crippen LogP contribution in [0.5, 0.6) is 11.5 Å². The second kappa shape index (κ2) is 9.88. The highest BCUT2D eigenvalue weighted by atomic mass is 16.5. The Morgan fingerprint density at radius 3 is 2.68 bits per heavy atom. The van der Waals surface area contributed by atoms with Crippen molar-refractivity contribution in [2.45, 2.75) is 20.3 Å². The van der Waals surface area contributed by atoms with Crippen molar-refractivity contribution < 1.29 is 9.47 Å². The van der Waals surface area contributed by atoms with Crippen molar-refractivity contribution in [2.75, 3.05) is 43.1 Å². The molecule has 6 heteroatoms. The predicted molar refractivity (Wildman–Crippen MR) is 116 cm³/mol. The van der Waals surface area contributed by atoms with Crippen LogP contribution in [0.1, 0.15) is 20.3 Å². The van der Waals surface area contributed by atoms with Crippen LogP contribution >= 0.6 is 0 Å². The average Bonchev–Trinajstić information content (AvgIpc) is 3.19. The Bertz CT molecular complexity index is 779. The van der Waals surface area contributed by atoms with Gasteiger partial charge in [0.15, 0.2) is 5.96 Å². The van der Waals surface area contributed by atoms with Gasteiger partial charge in [0, 0.05) is 31.4 Å². The van der Waals surface area contributed by atoms with Gasteiger partial charge in [0.05, 0.1) is 18.9 Å². The average molecular weight is 383 g/mol. The van der Waals surface area contributed by atoms with Gasteiger partial charge in [0.1, 0.15) is 11.5 Å². The second-order valence-corrected chi connectivity index (χ2v) is 6.81. The van der Waals surface area contributed by atoms with E-state index >= 15 is 0 Å². The van der Waals surface area contributed by atoms with Crippen molar-refractivity contribution in [3.8, 4) is 11.5 Å². The molecule has 0 bridgehead atoms. The SMILES string of the molecule is CCOc1ccc(OCC)c(NC(N)=NCC2CCN(c3ccccc3)C2)c1. The van der Waals surface area contributed by atoms with Crippen LogP contribution < -0.4 is 25.4 Å². The van der Waals surface area contributed by atoms with E-state index in [0.29, 0.717) is 31.6 Å². The number of anilines is 2. The lowest BCUT2D eigenvalue weighted by molar-refractivity contribution is 0.332. The van der Waals surface area contributed by atoms with Crippen molar-refractivity contribution in [3.63, 3.8) is 0 Å². The Hall–Kier alpha value is -2.89. The minimum atomic E-state index is 0.396. The third kappa shape index (κ3) is 5.31. The summed E-state index contributed by atoms with van der Waals surface area (Å²) in [5.41, 5.74) is 8.19. The molecule has 0 aliphatic carbocycles. The fourth-order valence-corrected chi connectivity index (χ4v) is 3.40. The number of nitrogens with one attached hydrogen (secondary N) is 1. The van der Waals surface area contributed by atoms with Crippen molar-refractivity contribution in [1.82, 2.24) is 0 Å². The maximum absolute atomic E-state index is 6.15. The molecular weight excluding hydrogens is 352 g/mol. The number of benzene rings is 2. The first-order valence-corrected chi connectivity index (χ1v) is 9.96. The Balaban J connectivity index is 1.59. The highest BCUT2D eigenvalue weighted by Crippen LogP contribution is 2.29. The molecule has 3 rings (SSSR count). The van der Waals surface area contributed by atoms with Gasteiger partial charge in [-0.3, -0.25) is 4.99 Å². The van der Waals surface area contributed by atoms with Gasteiger partial charge in [-0.15, -0.1) is 0 Å². The standard InChI is InChI=1S/C22H30N4O2/c1-3-27-19-10-11-21(28-4-2)20(14-19)25-22(23)24-15-17-12-13-26(16-17)18-8-6-5-7-9-18/h5-11,14,17H,3-4,12-13,15-16H2,1-2H3,(H3,23,24,25). The summed E-state index contributed by atoms with van der Waals surface area (Å²) in [6, 6.07) is 16.2. The predicted octanol–water partition coefficient (Wildman–Crippen LogP) is 3.74. The number of para-hydroxylation sites is 1. The van der Waals surface area contributed by atoms with E-state index in [1.165, 1.54) is 5.69 Å². The lowest BCUT2D eigenvalue weighted by atomic mass is 10.1. The molecule has 0 radical (unpaired) electrons. The number of ether oxygens (including phenoxy) is 2. The number of rotatable bonds is 8. The van der Waals surface area contributed by atoms with E-state index in [9.17, 15) is 0 Å². The number of hydrogen-bond donors (Lipinski definition) is 2. The number of guanidine groups is 1. The van der Waals surface area contributed by atoms with E-state index in [1.54, 1.807) is 0 Å². The van der Waals surface area contributed by atoms with Crippen molar-refractivity contribution >= 4 is 17.3 Å². The maximum Gasteiger partial charge on any atom is 0.193 e. The molecule has 2 aromatic rings. The summed E-state index contributed by atoms with van der Waals surface area (Å²) < 4.78 is 11.3. The molecule has 1 aliphatic heterocycles. The number of aliphatic imine (C=N–C) groups is 1. The summed E-state index contributed by atoms with van der Waals surface area (Å²) in [5.74, 6) is 2.41. The van der Waals surface area contributed by atoms with Gasteiger partial charge in [-0.1, -0.05) is 18.2 Å². The van der Waals surface area contributed by atoms with Gasteiger partial charge >= 0.3 is 0 Å². The molecule has 1 heterocycles. The summed E-state index contributed by atoms with van der Waals surface area (Å²) >= 11 is 0. The van der Waals surface area contributed by atoms with Gasteiger partial charge in [0.2, 0.25) is 0 Å². The molecule has 1 unspecified atom stereocenters. The number of nitrogens with zero attached hydrogens (tertiary/aromatic N) is 2. The van der Waals surface area contributed by atoms with E-state index < -0.39 is 0 Å². The second-order valence-electron chi connectivity index (χ2n) is 6.81. The summed E-state index contributed by atoms with van der Waals surface area (Å²) in [5, 5.41) is 3.17.